The quantitative estimate of drug-likeness (QED) is 0.116. The van der Waals surface area contributed by atoms with Crippen molar-refractivity contribution in [3.63, 3.8) is 0 Å². The van der Waals surface area contributed by atoms with Gasteiger partial charge in [0.05, 0.1) is 24.8 Å². The Bertz CT molecular complexity index is 1280. The van der Waals surface area contributed by atoms with E-state index >= 15 is 0 Å². The first-order valence-electron chi connectivity index (χ1n) is 13.8. The minimum absolute atomic E-state index is 0.0808. The van der Waals surface area contributed by atoms with Gasteiger partial charge in [0.1, 0.15) is 17.3 Å². The first-order chi connectivity index (χ1) is 19.0. The van der Waals surface area contributed by atoms with Crippen molar-refractivity contribution in [1.82, 2.24) is 4.90 Å². The molecule has 0 radical (unpaired) electrons. The molecule has 39 heavy (non-hydrogen) atoms. The van der Waals surface area contributed by atoms with E-state index in [1.807, 2.05) is 67.6 Å². The number of nitrogens with zero attached hydrogens (tertiary/aromatic N) is 1. The molecule has 0 spiro atoms. The minimum atomic E-state index is -0.719. The average molecular weight is 528 g/mol. The molecule has 0 aliphatic carbocycles. The Labute approximate surface area is 230 Å². The molecule has 1 N–H and O–H groups in total. The summed E-state index contributed by atoms with van der Waals surface area (Å²) in [6, 6.07) is 23.6. The summed E-state index contributed by atoms with van der Waals surface area (Å²) in [6.45, 7) is 5.69. The molecule has 6 nitrogen and oxygen atoms in total. The molecule has 1 atom stereocenters. The Hall–Kier alpha value is -4.06. The number of hydrogen-bond donors (Lipinski definition) is 1. The number of hydrogen-bond acceptors (Lipinski definition) is 5. The van der Waals surface area contributed by atoms with Crippen LogP contribution in [0, 0.1) is 0 Å². The van der Waals surface area contributed by atoms with Crippen molar-refractivity contribution in [1.29, 1.82) is 0 Å². The summed E-state index contributed by atoms with van der Waals surface area (Å²) in [5, 5.41) is 11.4. The molecule has 3 aromatic carbocycles. The van der Waals surface area contributed by atoms with Crippen molar-refractivity contribution in [3.8, 4) is 11.5 Å². The Balaban J connectivity index is 1.69. The van der Waals surface area contributed by atoms with Gasteiger partial charge >= 0.3 is 0 Å². The number of ketones is 1. The summed E-state index contributed by atoms with van der Waals surface area (Å²) in [4.78, 5) is 28.3. The maximum absolute atomic E-state index is 13.4. The number of Topliss-reactive ketones (excluding diaryl/α,β-unsaturated/α-hetero) is 1. The van der Waals surface area contributed by atoms with Gasteiger partial charge in [-0.25, -0.2) is 0 Å². The average Bonchev–Trinajstić information content (AvgIpc) is 3.23. The fourth-order valence-electron chi connectivity index (χ4n) is 4.75. The number of rotatable bonds is 13. The Morgan fingerprint density at radius 3 is 2.28 bits per heavy atom. The molecule has 1 aliphatic rings. The number of likely N-dealkylation sites (tertiary alicyclic amines) is 1. The van der Waals surface area contributed by atoms with Crippen LogP contribution in [0.3, 0.4) is 0 Å². The van der Waals surface area contributed by atoms with Gasteiger partial charge in [0.15, 0.2) is 0 Å². The van der Waals surface area contributed by atoms with Crippen LogP contribution in [-0.4, -0.2) is 41.5 Å². The molecule has 4 rings (SSSR count). The molecule has 1 fully saturated rings. The lowest BCUT2D eigenvalue weighted by Gasteiger charge is -2.25. The van der Waals surface area contributed by atoms with E-state index < -0.39 is 17.7 Å². The van der Waals surface area contributed by atoms with Crippen LogP contribution < -0.4 is 9.47 Å². The molecule has 204 valence electrons. The number of aliphatic hydroxyl groups is 1. The fourth-order valence-corrected chi connectivity index (χ4v) is 4.75. The van der Waals surface area contributed by atoms with E-state index in [9.17, 15) is 14.7 Å². The second-order valence-corrected chi connectivity index (χ2v) is 9.73. The highest BCUT2D eigenvalue weighted by Gasteiger charge is 2.45. The molecule has 1 heterocycles. The van der Waals surface area contributed by atoms with Crippen LogP contribution >= 0.6 is 0 Å². The first kappa shape index (κ1) is 28.0. The summed E-state index contributed by atoms with van der Waals surface area (Å²) in [7, 11) is 0. The molecule has 0 saturated carbocycles. The third-order valence-corrected chi connectivity index (χ3v) is 6.82. The molecule has 3 aromatic rings. The number of carbonyl (C=O) groups excluding carboxylic acids is 2. The van der Waals surface area contributed by atoms with Crippen molar-refractivity contribution < 1.29 is 24.2 Å². The second-order valence-electron chi connectivity index (χ2n) is 9.73. The summed E-state index contributed by atoms with van der Waals surface area (Å²) in [5.74, 6) is -0.180. The minimum Gasteiger partial charge on any atom is -0.507 e. The normalized spacial score (nSPS) is 16.5. The molecule has 1 saturated heterocycles. The smallest absolute Gasteiger partial charge is 0.295 e. The lowest BCUT2D eigenvalue weighted by molar-refractivity contribution is -0.139. The summed E-state index contributed by atoms with van der Waals surface area (Å²) < 4.78 is 11.6. The third-order valence-electron chi connectivity index (χ3n) is 6.82. The number of benzene rings is 3. The summed E-state index contributed by atoms with van der Waals surface area (Å²) in [5.41, 5.74) is 2.32. The van der Waals surface area contributed by atoms with Crippen LogP contribution in [0.2, 0.25) is 0 Å². The highest BCUT2D eigenvalue weighted by atomic mass is 16.5. The van der Waals surface area contributed by atoms with Crippen LogP contribution in [0.25, 0.3) is 5.76 Å². The first-order valence-corrected chi connectivity index (χ1v) is 13.8. The number of ether oxygens (including phenoxy) is 2. The van der Waals surface area contributed by atoms with Crippen molar-refractivity contribution in [2.75, 3.05) is 19.8 Å². The Morgan fingerprint density at radius 1 is 0.821 bits per heavy atom. The van der Waals surface area contributed by atoms with Gasteiger partial charge in [0.2, 0.25) is 0 Å². The Morgan fingerprint density at radius 2 is 1.56 bits per heavy atom. The standard InChI is InChI=1S/C33H37NO5/c1-3-5-9-22-39-27-17-15-25(16-18-27)30-29(31(35)26-13-10-14-28(23-26)38-21-4-2)32(36)33(37)34(30)20-19-24-11-7-6-8-12-24/h6-8,10-18,23,30,35H,3-5,9,19-22H2,1-2H3. The van der Waals surface area contributed by atoms with Crippen LogP contribution in [0.15, 0.2) is 84.4 Å². The van der Waals surface area contributed by atoms with Gasteiger partial charge in [-0.05, 0) is 54.7 Å². The van der Waals surface area contributed by atoms with Crippen molar-refractivity contribution >= 4 is 17.4 Å². The largest absolute Gasteiger partial charge is 0.507 e. The molecule has 1 aliphatic heterocycles. The molecule has 1 amide bonds. The van der Waals surface area contributed by atoms with Gasteiger partial charge in [-0.2, -0.15) is 0 Å². The van der Waals surface area contributed by atoms with E-state index in [0.717, 1.165) is 42.6 Å². The summed E-state index contributed by atoms with van der Waals surface area (Å²) in [6.07, 6.45) is 4.65. The van der Waals surface area contributed by atoms with Gasteiger partial charge in [0.25, 0.3) is 11.7 Å². The van der Waals surface area contributed by atoms with E-state index in [-0.39, 0.29) is 11.3 Å². The maximum atomic E-state index is 13.4. The summed E-state index contributed by atoms with van der Waals surface area (Å²) >= 11 is 0. The van der Waals surface area contributed by atoms with Crippen LogP contribution in [0.4, 0.5) is 0 Å². The van der Waals surface area contributed by atoms with E-state index in [0.29, 0.717) is 37.5 Å². The Kier molecular flexibility index (Phi) is 9.79. The number of amides is 1. The molecular formula is C33H37NO5. The molecule has 0 bridgehead atoms. The zero-order chi connectivity index (χ0) is 27.6. The molecular weight excluding hydrogens is 490 g/mol. The monoisotopic (exact) mass is 527 g/mol. The topological polar surface area (TPSA) is 76.1 Å². The number of unbranched alkanes of at least 4 members (excludes halogenated alkanes) is 2. The van der Waals surface area contributed by atoms with Gasteiger partial charge in [-0.15, -0.1) is 0 Å². The number of aliphatic hydroxyl groups excluding tert-OH is 1. The van der Waals surface area contributed by atoms with Crippen LogP contribution in [0.1, 0.15) is 62.3 Å². The van der Waals surface area contributed by atoms with E-state index in [1.54, 1.807) is 23.1 Å². The lowest BCUT2D eigenvalue weighted by Crippen LogP contribution is -2.31. The SMILES string of the molecule is CCCCCOc1ccc(C2C(=C(O)c3cccc(OCCC)c3)C(=O)C(=O)N2CCc2ccccc2)cc1. The fraction of sp³-hybridized carbons (Fsp3) is 0.333. The highest BCUT2D eigenvalue weighted by Crippen LogP contribution is 2.40. The number of carbonyl (C=O) groups is 2. The zero-order valence-electron chi connectivity index (χ0n) is 22.8. The van der Waals surface area contributed by atoms with Crippen molar-refractivity contribution in [2.45, 2.75) is 52.0 Å². The lowest BCUT2D eigenvalue weighted by atomic mass is 9.95. The second kappa shape index (κ2) is 13.7. The maximum Gasteiger partial charge on any atom is 0.295 e. The van der Waals surface area contributed by atoms with Gasteiger partial charge in [-0.3, -0.25) is 9.59 Å². The van der Waals surface area contributed by atoms with E-state index in [2.05, 4.69) is 6.92 Å². The predicted octanol–water partition coefficient (Wildman–Crippen LogP) is 6.71. The van der Waals surface area contributed by atoms with Crippen LogP contribution in [-0.2, 0) is 16.0 Å². The third kappa shape index (κ3) is 6.88. The van der Waals surface area contributed by atoms with Crippen LogP contribution in [0.5, 0.6) is 11.5 Å². The van der Waals surface area contributed by atoms with E-state index in [1.165, 1.54) is 0 Å². The van der Waals surface area contributed by atoms with Crippen molar-refractivity contribution in [2.24, 2.45) is 0 Å². The van der Waals surface area contributed by atoms with E-state index in [4.69, 9.17) is 9.47 Å². The van der Waals surface area contributed by atoms with Gasteiger partial charge in [0, 0.05) is 12.1 Å². The van der Waals surface area contributed by atoms with Crippen molar-refractivity contribution in [3.05, 3.63) is 101 Å². The van der Waals surface area contributed by atoms with Gasteiger partial charge in [-0.1, -0.05) is 81.3 Å². The molecule has 6 heteroatoms. The zero-order valence-corrected chi connectivity index (χ0v) is 22.8. The highest BCUT2D eigenvalue weighted by molar-refractivity contribution is 6.46. The predicted molar refractivity (Wildman–Crippen MR) is 153 cm³/mol. The molecule has 1 unspecified atom stereocenters. The molecule has 0 aromatic heterocycles. The van der Waals surface area contributed by atoms with Gasteiger partial charge < -0.3 is 19.5 Å².